The van der Waals surface area contributed by atoms with Gasteiger partial charge in [-0.3, -0.25) is 9.59 Å². The number of pyridine rings is 1. The maximum Gasteiger partial charge on any atom is 0.303 e. The highest BCUT2D eigenvalue weighted by atomic mass is 32.2. The van der Waals surface area contributed by atoms with E-state index in [0.29, 0.717) is 35.7 Å². The summed E-state index contributed by atoms with van der Waals surface area (Å²) in [6.45, 7) is 0.645. The minimum Gasteiger partial charge on any atom is -0.481 e. The van der Waals surface area contributed by atoms with E-state index in [2.05, 4.69) is 9.97 Å². The van der Waals surface area contributed by atoms with Gasteiger partial charge >= 0.3 is 5.97 Å². The second-order valence-electron chi connectivity index (χ2n) is 7.72. The van der Waals surface area contributed by atoms with Crippen LogP contribution in [0.5, 0.6) is 0 Å². The van der Waals surface area contributed by atoms with E-state index in [1.807, 2.05) is 19.0 Å². The highest BCUT2D eigenvalue weighted by Crippen LogP contribution is 2.30. The van der Waals surface area contributed by atoms with Gasteiger partial charge in [-0.25, -0.2) is 12.8 Å². The van der Waals surface area contributed by atoms with Crippen LogP contribution in [0, 0.1) is 5.82 Å². The minimum absolute atomic E-state index is 0.0429. The number of carbonyl (C=O) groups is 1. The molecule has 0 amide bonds. The first-order valence-electron chi connectivity index (χ1n) is 9.70. The highest BCUT2D eigenvalue weighted by Gasteiger charge is 2.26. The lowest BCUT2D eigenvalue weighted by Gasteiger charge is -2.20. The number of aryl methyl sites for hydroxylation is 1. The van der Waals surface area contributed by atoms with E-state index >= 15 is 0 Å². The van der Waals surface area contributed by atoms with E-state index in [1.54, 1.807) is 6.20 Å². The average Bonchev–Trinajstić information content (AvgIpc) is 3.10. The van der Waals surface area contributed by atoms with Crippen molar-refractivity contribution in [1.29, 1.82) is 0 Å². The first-order chi connectivity index (χ1) is 14.5. The van der Waals surface area contributed by atoms with Crippen molar-refractivity contribution in [2.45, 2.75) is 24.2 Å². The Morgan fingerprint density at radius 1 is 1.19 bits per heavy atom. The van der Waals surface area contributed by atoms with Crippen LogP contribution in [0.2, 0.25) is 0 Å². The third-order valence-corrected chi connectivity index (χ3v) is 7.04. The zero-order valence-corrected chi connectivity index (χ0v) is 18.3. The fourth-order valence-electron chi connectivity index (χ4n) is 3.45. The predicted octanol–water partition coefficient (Wildman–Crippen LogP) is 1.74. The Hall–Kier alpha value is -2.76. The van der Waals surface area contributed by atoms with E-state index < -0.39 is 32.3 Å². The Labute approximate surface area is 178 Å². The van der Waals surface area contributed by atoms with Crippen LogP contribution in [-0.2, 0) is 21.2 Å². The summed E-state index contributed by atoms with van der Waals surface area (Å²) < 4.78 is 41.9. The van der Waals surface area contributed by atoms with Crippen molar-refractivity contribution < 1.29 is 22.7 Å². The van der Waals surface area contributed by atoms with Gasteiger partial charge in [0.1, 0.15) is 16.2 Å². The molecule has 3 N–H and O–H groups in total. The normalized spacial score (nSPS) is 12.5. The summed E-state index contributed by atoms with van der Waals surface area (Å²) in [5.74, 6) is -1.89. The van der Waals surface area contributed by atoms with E-state index in [0.717, 1.165) is 10.4 Å². The molecule has 2 aromatic heterocycles. The molecule has 2 heterocycles. The lowest BCUT2D eigenvalue weighted by Crippen LogP contribution is -2.34. The van der Waals surface area contributed by atoms with Crippen molar-refractivity contribution in [3.05, 3.63) is 40.1 Å². The Balaban J connectivity index is 2.15. The number of nitrogens with one attached hydrogen (secondary N) is 2. The molecule has 0 spiro atoms. The molecule has 0 radical (unpaired) electrons. The Bertz CT molecular complexity index is 1300. The Kier molecular flexibility index (Phi) is 6.48. The number of carboxylic acid groups (broad SMARTS) is 1. The molecule has 3 aromatic rings. The van der Waals surface area contributed by atoms with Crippen LogP contribution in [0.1, 0.15) is 18.4 Å². The number of aromatic amines is 2. The van der Waals surface area contributed by atoms with Gasteiger partial charge in [0.05, 0.1) is 5.52 Å². The molecular weight excluding hydrogens is 427 g/mol. The first kappa shape index (κ1) is 22.9. The summed E-state index contributed by atoms with van der Waals surface area (Å²) in [5, 5.41) is 9.72. The fraction of sp³-hybridized carbons (Fsp3) is 0.400. The van der Waals surface area contributed by atoms with Crippen LogP contribution in [0.4, 0.5) is 4.39 Å². The van der Waals surface area contributed by atoms with Gasteiger partial charge in [0.2, 0.25) is 10.0 Å². The first-order valence-corrected chi connectivity index (χ1v) is 11.1. The lowest BCUT2D eigenvalue weighted by atomic mass is 10.0. The third-order valence-electron chi connectivity index (χ3n) is 5.17. The molecule has 0 bridgehead atoms. The maximum atomic E-state index is 14.8. The number of hydrogen-bond acceptors (Lipinski definition) is 5. The molecule has 0 saturated carbocycles. The molecule has 3 rings (SSSR count). The second kappa shape index (κ2) is 8.77. The van der Waals surface area contributed by atoms with Crippen LogP contribution in [-0.4, -0.2) is 72.9 Å². The van der Waals surface area contributed by atoms with Gasteiger partial charge in [0, 0.05) is 43.5 Å². The molecule has 1 aromatic carbocycles. The van der Waals surface area contributed by atoms with Gasteiger partial charge in [-0.2, -0.15) is 4.31 Å². The number of nitrogens with zero attached hydrogens (tertiary/aromatic N) is 2. The lowest BCUT2D eigenvalue weighted by molar-refractivity contribution is -0.137. The molecule has 0 unspecified atom stereocenters. The standard InChI is InChI=1S/C20H25FN4O5S/c1-24(2)7-8-25(3)31(29,30)16-9-13-15(10-14(16)21)23-20(28)19-18(13)12(11-22-19)5-4-6-17(26)27/h9-11,22H,4-8H2,1-3H3,(H,23,28)(H,26,27). The molecule has 11 heteroatoms. The molecule has 31 heavy (non-hydrogen) atoms. The number of benzene rings is 1. The molecule has 168 valence electrons. The zero-order valence-electron chi connectivity index (χ0n) is 17.5. The van der Waals surface area contributed by atoms with Gasteiger partial charge in [-0.05, 0) is 44.6 Å². The largest absolute Gasteiger partial charge is 0.481 e. The van der Waals surface area contributed by atoms with Crippen LogP contribution in [0.15, 0.2) is 28.0 Å². The number of hydrogen-bond donors (Lipinski definition) is 3. The highest BCUT2D eigenvalue weighted by molar-refractivity contribution is 7.89. The van der Waals surface area contributed by atoms with Crippen molar-refractivity contribution in [1.82, 2.24) is 19.2 Å². The van der Waals surface area contributed by atoms with E-state index in [4.69, 9.17) is 5.11 Å². The van der Waals surface area contributed by atoms with E-state index in [1.165, 1.54) is 13.1 Å². The summed E-state index contributed by atoms with van der Waals surface area (Å²) in [5.41, 5.74) is 0.603. The number of halogens is 1. The van der Waals surface area contributed by atoms with Crippen molar-refractivity contribution in [2.75, 3.05) is 34.2 Å². The summed E-state index contributed by atoms with van der Waals surface area (Å²) in [4.78, 5) is 30.0. The number of aromatic nitrogens is 2. The zero-order chi connectivity index (χ0) is 22.9. The summed E-state index contributed by atoms with van der Waals surface area (Å²) in [6, 6.07) is 2.25. The minimum atomic E-state index is -4.11. The van der Waals surface area contributed by atoms with Crippen molar-refractivity contribution in [3.63, 3.8) is 0 Å². The van der Waals surface area contributed by atoms with E-state index in [-0.39, 0.29) is 24.0 Å². The number of sulfonamides is 1. The van der Waals surface area contributed by atoms with E-state index in [9.17, 15) is 22.4 Å². The number of rotatable bonds is 9. The molecule has 0 saturated heterocycles. The Morgan fingerprint density at radius 3 is 2.55 bits per heavy atom. The third kappa shape index (κ3) is 4.63. The quantitative estimate of drug-likeness (QED) is 0.454. The molecule has 0 aliphatic heterocycles. The SMILES string of the molecule is CN(C)CCN(C)S(=O)(=O)c1cc2c(cc1F)[nH]c(=O)c1[nH]cc(CCCC(=O)O)c12. The monoisotopic (exact) mass is 452 g/mol. The van der Waals surface area contributed by atoms with Gasteiger partial charge in [0.15, 0.2) is 0 Å². The number of aliphatic carboxylic acids is 1. The number of likely N-dealkylation sites (N-methyl/N-ethyl adjacent to an activating group) is 2. The van der Waals surface area contributed by atoms with Gasteiger partial charge in [-0.1, -0.05) is 0 Å². The Morgan fingerprint density at radius 2 is 1.90 bits per heavy atom. The van der Waals surface area contributed by atoms with Crippen molar-refractivity contribution in [3.8, 4) is 0 Å². The number of carboxylic acids is 1. The van der Waals surface area contributed by atoms with Gasteiger partial charge in [0.25, 0.3) is 5.56 Å². The van der Waals surface area contributed by atoms with Crippen LogP contribution >= 0.6 is 0 Å². The molecule has 0 aliphatic rings. The molecular formula is C20H25FN4O5S. The van der Waals surface area contributed by atoms with Crippen molar-refractivity contribution >= 4 is 37.8 Å². The summed E-state index contributed by atoms with van der Waals surface area (Å²) in [6.07, 6.45) is 2.27. The topological polar surface area (TPSA) is 127 Å². The number of H-pyrrole nitrogens is 2. The van der Waals surface area contributed by atoms with Gasteiger partial charge < -0.3 is 20.0 Å². The smallest absolute Gasteiger partial charge is 0.303 e. The fourth-order valence-corrected chi connectivity index (χ4v) is 4.68. The molecule has 9 nitrogen and oxygen atoms in total. The number of fused-ring (bicyclic) bond motifs is 3. The van der Waals surface area contributed by atoms with Crippen LogP contribution in [0.25, 0.3) is 21.8 Å². The summed E-state index contributed by atoms with van der Waals surface area (Å²) >= 11 is 0. The predicted molar refractivity (Wildman–Crippen MR) is 115 cm³/mol. The van der Waals surface area contributed by atoms with Gasteiger partial charge in [-0.15, -0.1) is 0 Å². The maximum absolute atomic E-state index is 14.8. The molecule has 0 fully saturated rings. The molecule has 0 atom stereocenters. The van der Waals surface area contributed by atoms with Crippen LogP contribution in [0.3, 0.4) is 0 Å². The second-order valence-corrected chi connectivity index (χ2v) is 9.74. The van der Waals surface area contributed by atoms with Crippen molar-refractivity contribution in [2.24, 2.45) is 0 Å². The average molecular weight is 453 g/mol. The summed E-state index contributed by atoms with van der Waals surface area (Å²) in [7, 11) is 0.894. The molecule has 0 aliphatic carbocycles. The van der Waals surface area contributed by atoms with Crippen LogP contribution < -0.4 is 5.56 Å².